The first-order chi connectivity index (χ1) is 8.31. The Morgan fingerprint density at radius 2 is 2.18 bits per heavy atom. The van der Waals surface area contributed by atoms with E-state index in [-0.39, 0.29) is 5.91 Å². The van der Waals surface area contributed by atoms with Gasteiger partial charge in [0.2, 0.25) is 5.91 Å². The number of thioether (sulfide) groups is 1. The Balaban J connectivity index is 1.60. The van der Waals surface area contributed by atoms with E-state index >= 15 is 0 Å². The molecule has 1 aliphatic heterocycles. The first kappa shape index (κ1) is 11.1. The van der Waals surface area contributed by atoms with Crippen molar-refractivity contribution in [1.82, 2.24) is 5.32 Å². The van der Waals surface area contributed by atoms with Gasteiger partial charge in [0.15, 0.2) is 0 Å². The normalized spacial score (nSPS) is 22.6. The van der Waals surface area contributed by atoms with Gasteiger partial charge in [0, 0.05) is 23.6 Å². The zero-order chi connectivity index (χ0) is 11.7. The van der Waals surface area contributed by atoms with Gasteiger partial charge in [-0.2, -0.15) is 0 Å². The van der Waals surface area contributed by atoms with Crippen molar-refractivity contribution in [2.45, 2.75) is 30.6 Å². The average molecular weight is 247 g/mol. The van der Waals surface area contributed by atoms with E-state index in [0.29, 0.717) is 12.3 Å². The van der Waals surface area contributed by atoms with Gasteiger partial charge in [-0.1, -0.05) is 6.07 Å². The summed E-state index contributed by atoms with van der Waals surface area (Å²) in [4.78, 5) is 12.5. The molecule has 0 radical (unpaired) electrons. The fraction of sp³-hybridized carbons (Fsp3) is 0.500. The molecule has 1 unspecified atom stereocenters. The van der Waals surface area contributed by atoms with Crippen molar-refractivity contribution in [2.24, 2.45) is 5.92 Å². The molecule has 1 atom stereocenters. The van der Waals surface area contributed by atoms with Crippen molar-refractivity contribution in [2.75, 3.05) is 12.3 Å². The number of nitrogens with one attached hydrogen (secondary N) is 1. The minimum Gasteiger partial charge on any atom is -0.356 e. The predicted octanol–water partition coefficient (Wildman–Crippen LogP) is 2.40. The van der Waals surface area contributed by atoms with E-state index in [1.54, 1.807) is 0 Å². The molecule has 0 aromatic heterocycles. The van der Waals surface area contributed by atoms with Gasteiger partial charge in [0.1, 0.15) is 0 Å². The van der Waals surface area contributed by atoms with E-state index in [0.717, 1.165) is 12.3 Å². The number of fused-ring (bicyclic) bond motifs is 1. The van der Waals surface area contributed by atoms with Gasteiger partial charge >= 0.3 is 0 Å². The Labute approximate surface area is 106 Å². The van der Waals surface area contributed by atoms with Crippen LogP contribution in [0.1, 0.15) is 24.0 Å². The summed E-state index contributed by atoms with van der Waals surface area (Å²) in [7, 11) is 0. The van der Waals surface area contributed by atoms with Crippen LogP contribution in [0.15, 0.2) is 23.1 Å². The second-order valence-electron chi connectivity index (χ2n) is 4.97. The number of aryl methyl sites for hydroxylation is 2. The van der Waals surface area contributed by atoms with Gasteiger partial charge in [0.05, 0.1) is 0 Å². The molecule has 17 heavy (non-hydrogen) atoms. The number of hydrogen-bond acceptors (Lipinski definition) is 2. The molecule has 0 bridgehead atoms. The zero-order valence-electron chi connectivity index (χ0n) is 9.87. The van der Waals surface area contributed by atoms with Gasteiger partial charge < -0.3 is 5.32 Å². The first-order valence-electron chi connectivity index (χ1n) is 6.32. The summed E-state index contributed by atoms with van der Waals surface area (Å²) in [5.74, 6) is 1.78. The first-order valence-corrected chi connectivity index (χ1v) is 7.31. The quantitative estimate of drug-likeness (QED) is 0.831. The van der Waals surface area contributed by atoms with Crippen LogP contribution >= 0.6 is 11.8 Å². The van der Waals surface area contributed by atoms with Crippen LogP contribution in [0.3, 0.4) is 0 Å². The van der Waals surface area contributed by atoms with Crippen LogP contribution in [0.2, 0.25) is 0 Å². The lowest BCUT2D eigenvalue weighted by Gasteiger charge is -2.08. The Morgan fingerprint density at radius 1 is 1.29 bits per heavy atom. The fourth-order valence-corrected chi connectivity index (χ4v) is 3.69. The number of benzene rings is 1. The summed E-state index contributed by atoms with van der Waals surface area (Å²) in [6.07, 6.45) is 4.51. The third-order valence-electron chi connectivity index (χ3n) is 3.62. The summed E-state index contributed by atoms with van der Waals surface area (Å²) in [6, 6.07) is 6.86. The molecule has 1 aliphatic carbocycles. The average Bonchev–Trinajstić information content (AvgIpc) is 2.94. The fourth-order valence-electron chi connectivity index (χ4n) is 2.63. The maximum absolute atomic E-state index is 11.1. The monoisotopic (exact) mass is 247 g/mol. The van der Waals surface area contributed by atoms with Gasteiger partial charge in [-0.25, -0.2) is 0 Å². The summed E-state index contributed by atoms with van der Waals surface area (Å²) in [5, 5.41) is 2.90. The van der Waals surface area contributed by atoms with Crippen molar-refractivity contribution in [1.29, 1.82) is 0 Å². The van der Waals surface area contributed by atoms with Crippen LogP contribution in [0.5, 0.6) is 0 Å². The van der Waals surface area contributed by atoms with Crippen molar-refractivity contribution in [3.63, 3.8) is 0 Å². The molecule has 0 spiro atoms. The number of amides is 1. The standard InChI is InChI=1S/C14H17NOS/c16-14-6-10(8-15-14)9-17-13-5-4-11-2-1-3-12(11)7-13/h4-5,7,10H,1-3,6,8-9H2,(H,15,16). The van der Waals surface area contributed by atoms with Crippen molar-refractivity contribution in [3.05, 3.63) is 29.3 Å². The maximum Gasteiger partial charge on any atom is 0.220 e. The Hall–Kier alpha value is -0.960. The summed E-state index contributed by atoms with van der Waals surface area (Å²) in [6.45, 7) is 0.858. The van der Waals surface area contributed by atoms with E-state index in [1.165, 1.54) is 35.3 Å². The van der Waals surface area contributed by atoms with E-state index in [1.807, 2.05) is 11.8 Å². The molecule has 1 heterocycles. The Kier molecular flexibility index (Phi) is 3.10. The number of carbonyl (C=O) groups is 1. The molecule has 1 amide bonds. The topological polar surface area (TPSA) is 29.1 Å². The lowest BCUT2D eigenvalue weighted by molar-refractivity contribution is -0.119. The lowest BCUT2D eigenvalue weighted by atomic mass is 10.1. The van der Waals surface area contributed by atoms with E-state index in [2.05, 4.69) is 23.5 Å². The molecule has 3 rings (SSSR count). The number of carbonyl (C=O) groups excluding carboxylic acids is 1. The Morgan fingerprint density at radius 3 is 3.00 bits per heavy atom. The second kappa shape index (κ2) is 4.73. The minimum atomic E-state index is 0.213. The molecular weight excluding hydrogens is 230 g/mol. The highest BCUT2D eigenvalue weighted by molar-refractivity contribution is 7.99. The molecule has 0 saturated carbocycles. The molecule has 3 heteroatoms. The largest absolute Gasteiger partial charge is 0.356 e. The molecule has 1 fully saturated rings. The molecule has 1 aromatic rings. The summed E-state index contributed by atoms with van der Waals surface area (Å²) >= 11 is 1.89. The van der Waals surface area contributed by atoms with Crippen molar-refractivity contribution >= 4 is 17.7 Å². The third kappa shape index (κ3) is 2.49. The smallest absolute Gasteiger partial charge is 0.220 e. The highest BCUT2D eigenvalue weighted by Crippen LogP contribution is 2.29. The Bertz CT molecular complexity index is 444. The van der Waals surface area contributed by atoms with Gasteiger partial charge in [-0.05, 0) is 48.4 Å². The molecule has 1 N–H and O–H groups in total. The molecule has 2 nitrogen and oxygen atoms in total. The molecule has 2 aliphatic rings. The SMILES string of the molecule is O=C1CC(CSc2ccc3c(c2)CCC3)CN1. The van der Waals surface area contributed by atoms with E-state index < -0.39 is 0 Å². The third-order valence-corrected chi connectivity index (χ3v) is 4.84. The predicted molar refractivity (Wildman–Crippen MR) is 70.3 cm³/mol. The summed E-state index contributed by atoms with van der Waals surface area (Å²) < 4.78 is 0. The highest BCUT2D eigenvalue weighted by Gasteiger charge is 2.21. The van der Waals surface area contributed by atoms with Gasteiger partial charge in [-0.3, -0.25) is 4.79 Å². The molecule has 1 saturated heterocycles. The van der Waals surface area contributed by atoms with Gasteiger partial charge in [-0.15, -0.1) is 11.8 Å². The van der Waals surface area contributed by atoms with Crippen LogP contribution in [0, 0.1) is 5.92 Å². The highest BCUT2D eigenvalue weighted by atomic mass is 32.2. The van der Waals surface area contributed by atoms with Gasteiger partial charge in [0.25, 0.3) is 0 Å². The number of hydrogen-bond donors (Lipinski definition) is 1. The van der Waals surface area contributed by atoms with Crippen LogP contribution in [0.25, 0.3) is 0 Å². The van der Waals surface area contributed by atoms with Crippen molar-refractivity contribution in [3.8, 4) is 0 Å². The summed E-state index contributed by atoms with van der Waals surface area (Å²) in [5.41, 5.74) is 3.07. The minimum absolute atomic E-state index is 0.213. The van der Waals surface area contributed by atoms with Crippen LogP contribution in [0.4, 0.5) is 0 Å². The maximum atomic E-state index is 11.1. The van der Waals surface area contributed by atoms with Crippen molar-refractivity contribution < 1.29 is 4.79 Å². The molecule has 90 valence electrons. The number of rotatable bonds is 3. The van der Waals surface area contributed by atoms with Crippen LogP contribution in [-0.4, -0.2) is 18.2 Å². The van der Waals surface area contributed by atoms with Crippen LogP contribution in [-0.2, 0) is 17.6 Å². The van der Waals surface area contributed by atoms with E-state index in [9.17, 15) is 4.79 Å². The molecular formula is C14H17NOS. The zero-order valence-corrected chi connectivity index (χ0v) is 10.7. The second-order valence-corrected chi connectivity index (χ2v) is 6.06. The van der Waals surface area contributed by atoms with E-state index in [4.69, 9.17) is 0 Å². The van der Waals surface area contributed by atoms with Crippen LogP contribution < -0.4 is 5.32 Å². The lowest BCUT2D eigenvalue weighted by Crippen LogP contribution is -2.14. The molecule has 1 aromatic carbocycles.